The summed E-state index contributed by atoms with van der Waals surface area (Å²) in [7, 11) is -3.76. The number of hydrogen-bond acceptors (Lipinski definition) is 4. The van der Waals surface area contributed by atoms with Crippen LogP contribution in [0.1, 0.15) is 0 Å². The summed E-state index contributed by atoms with van der Waals surface area (Å²) in [5.41, 5.74) is 0.843. The molecule has 0 unspecified atom stereocenters. The normalized spacial score (nSPS) is 11.7. The molecule has 1 aromatic heterocycles. The second kappa shape index (κ2) is 5.35. The summed E-state index contributed by atoms with van der Waals surface area (Å²) in [6.07, 6.45) is 0. The Labute approximate surface area is 134 Å². The van der Waals surface area contributed by atoms with Gasteiger partial charge in [0.05, 0.1) is 10.3 Å². The third-order valence-electron chi connectivity index (χ3n) is 3.19. The van der Waals surface area contributed by atoms with Gasteiger partial charge in [0.1, 0.15) is 10.1 Å². The summed E-state index contributed by atoms with van der Waals surface area (Å²) < 4.78 is 28.6. The number of sulfonamides is 1. The summed E-state index contributed by atoms with van der Waals surface area (Å²) in [5.74, 6) is 0.338. The minimum atomic E-state index is -3.76. The minimum absolute atomic E-state index is 0.00416. The molecule has 0 saturated carbocycles. The molecule has 22 heavy (non-hydrogen) atoms. The third kappa shape index (κ3) is 2.58. The first-order valence-electron chi connectivity index (χ1n) is 6.22. The highest BCUT2D eigenvalue weighted by molar-refractivity contribution is 9.10. The van der Waals surface area contributed by atoms with Crippen LogP contribution in [-0.2, 0) is 10.0 Å². The van der Waals surface area contributed by atoms with Crippen molar-refractivity contribution >= 4 is 36.9 Å². The van der Waals surface area contributed by atoms with E-state index in [1.165, 1.54) is 24.3 Å². The number of halogens is 1. The maximum atomic E-state index is 12.3. The fourth-order valence-electron chi connectivity index (χ4n) is 2.10. The lowest BCUT2D eigenvalue weighted by atomic mass is 10.1. The largest absolute Gasteiger partial charge is 0.455 e. The quantitative estimate of drug-likeness (QED) is 0.740. The van der Waals surface area contributed by atoms with E-state index in [0.717, 1.165) is 0 Å². The Morgan fingerprint density at radius 1 is 1.00 bits per heavy atom. The molecule has 0 aliphatic heterocycles. The van der Waals surface area contributed by atoms with E-state index >= 15 is 0 Å². The molecule has 2 aromatic carbocycles. The summed E-state index contributed by atoms with van der Waals surface area (Å²) >= 11 is 3.25. The predicted octanol–water partition coefficient (Wildman–Crippen LogP) is 2.87. The van der Waals surface area contributed by atoms with Gasteiger partial charge in [-0.25, -0.2) is 13.6 Å². The molecule has 0 bridgehead atoms. The number of primary sulfonamides is 1. The number of benzene rings is 2. The van der Waals surface area contributed by atoms with Crippen LogP contribution in [0.4, 0.5) is 0 Å². The number of rotatable bonds is 2. The van der Waals surface area contributed by atoms with Gasteiger partial charge in [0.2, 0.25) is 15.5 Å². The van der Waals surface area contributed by atoms with Gasteiger partial charge < -0.3 is 4.42 Å². The minimum Gasteiger partial charge on any atom is -0.455 e. The van der Waals surface area contributed by atoms with Gasteiger partial charge in [-0.05, 0) is 52.3 Å². The van der Waals surface area contributed by atoms with E-state index in [1.807, 2.05) is 0 Å². The average molecular weight is 380 g/mol. The maximum absolute atomic E-state index is 12.3. The average Bonchev–Trinajstić information content (AvgIpc) is 2.50. The first-order chi connectivity index (χ1) is 10.4. The van der Waals surface area contributed by atoms with Crippen LogP contribution in [-0.4, -0.2) is 8.42 Å². The highest BCUT2D eigenvalue weighted by atomic mass is 79.9. The molecule has 7 heteroatoms. The van der Waals surface area contributed by atoms with Crippen molar-refractivity contribution in [2.45, 2.75) is 4.90 Å². The van der Waals surface area contributed by atoms with Crippen molar-refractivity contribution in [1.82, 2.24) is 0 Å². The van der Waals surface area contributed by atoms with Crippen LogP contribution in [0.25, 0.3) is 22.3 Å². The molecule has 2 N–H and O–H groups in total. The lowest BCUT2D eigenvalue weighted by molar-refractivity contribution is 0.597. The van der Waals surface area contributed by atoms with Crippen LogP contribution in [0.5, 0.6) is 0 Å². The number of nitrogens with two attached hydrogens (primary N) is 1. The van der Waals surface area contributed by atoms with Crippen molar-refractivity contribution in [3.63, 3.8) is 0 Å². The van der Waals surface area contributed by atoms with Crippen LogP contribution in [0, 0.1) is 0 Å². The molecule has 0 atom stereocenters. The van der Waals surface area contributed by atoms with Gasteiger partial charge in [-0.1, -0.05) is 12.1 Å². The Morgan fingerprint density at radius 3 is 2.27 bits per heavy atom. The fourth-order valence-corrected chi connectivity index (χ4v) is 3.14. The van der Waals surface area contributed by atoms with Crippen LogP contribution >= 0.6 is 15.9 Å². The Balaban J connectivity index is 2.22. The number of para-hydroxylation sites is 1. The maximum Gasteiger partial charge on any atom is 0.238 e. The molecule has 0 fully saturated rings. The molecule has 0 radical (unpaired) electrons. The van der Waals surface area contributed by atoms with Gasteiger partial charge in [-0.2, -0.15) is 0 Å². The third-order valence-corrected chi connectivity index (χ3v) is 4.84. The van der Waals surface area contributed by atoms with Gasteiger partial charge in [0.15, 0.2) is 5.76 Å². The fraction of sp³-hybridized carbons (Fsp3) is 0. The van der Waals surface area contributed by atoms with E-state index < -0.39 is 10.0 Å². The van der Waals surface area contributed by atoms with Crippen LogP contribution in [0.2, 0.25) is 0 Å². The molecule has 3 rings (SSSR count). The van der Waals surface area contributed by atoms with E-state index in [4.69, 9.17) is 9.56 Å². The Hall–Kier alpha value is -1.96. The molecule has 0 amide bonds. The zero-order valence-electron chi connectivity index (χ0n) is 11.1. The van der Waals surface area contributed by atoms with E-state index in [0.29, 0.717) is 22.3 Å². The van der Waals surface area contributed by atoms with Crippen molar-refractivity contribution in [3.8, 4) is 11.3 Å². The van der Waals surface area contributed by atoms with E-state index in [9.17, 15) is 13.2 Å². The molecule has 112 valence electrons. The van der Waals surface area contributed by atoms with E-state index in [1.54, 1.807) is 24.3 Å². The molecule has 1 heterocycles. The number of hydrogen-bond donors (Lipinski definition) is 1. The Bertz CT molecular complexity index is 1020. The topological polar surface area (TPSA) is 90.4 Å². The molecule has 5 nitrogen and oxygen atoms in total. The highest BCUT2D eigenvalue weighted by Gasteiger charge is 2.15. The SMILES string of the molecule is NS(=O)(=O)c1ccc(-c2oc3ccccc3c(=O)c2Br)cc1. The summed E-state index contributed by atoms with van der Waals surface area (Å²) in [4.78, 5) is 12.3. The lowest BCUT2D eigenvalue weighted by Crippen LogP contribution is -2.11. The van der Waals surface area contributed by atoms with Crippen molar-refractivity contribution < 1.29 is 12.8 Å². The summed E-state index contributed by atoms with van der Waals surface area (Å²) in [6, 6.07) is 12.7. The first-order valence-corrected chi connectivity index (χ1v) is 8.56. The van der Waals surface area contributed by atoms with Gasteiger partial charge in [-0.3, -0.25) is 4.79 Å². The van der Waals surface area contributed by atoms with E-state index in [-0.39, 0.29) is 14.8 Å². The molecule has 0 saturated heterocycles. The molecule has 0 aliphatic carbocycles. The Kier molecular flexibility index (Phi) is 3.64. The molecule has 0 aliphatic rings. The predicted molar refractivity (Wildman–Crippen MR) is 87.0 cm³/mol. The summed E-state index contributed by atoms with van der Waals surface area (Å²) in [5, 5.41) is 5.54. The van der Waals surface area contributed by atoms with Gasteiger partial charge in [0.25, 0.3) is 0 Å². The molecule has 3 aromatic rings. The van der Waals surface area contributed by atoms with Crippen LogP contribution < -0.4 is 10.6 Å². The van der Waals surface area contributed by atoms with Gasteiger partial charge in [-0.15, -0.1) is 0 Å². The zero-order valence-corrected chi connectivity index (χ0v) is 13.5. The van der Waals surface area contributed by atoms with Gasteiger partial charge in [0, 0.05) is 5.56 Å². The van der Waals surface area contributed by atoms with Crippen molar-refractivity contribution in [2.75, 3.05) is 0 Å². The van der Waals surface area contributed by atoms with Crippen LogP contribution in [0.15, 0.2) is 67.1 Å². The second-order valence-corrected chi connectivity index (χ2v) is 6.99. The first kappa shape index (κ1) is 15.0. The monoisotopic (exact) mass is 379 g/mol. The molecule has 0 spiro atoms. The van der Waals surface area contributed by atoms with Crippen molar-refractivity contribution in [2.24, 2.45) is 5.14 Å². The highest BCUT2D eigenvalue weighted by Crippen LogP contribution is 2.29. The molecular formula is C15H10BrNO4S. The van der Waals surface area contributed by atoms with Gasteiger partial charge >= 0.3 is 0 Å². The molecular weight excluding hydrogens is 370 g/mol. The Morgan fingerprint density at radius 2 is 1.64 bits per heavy atom. The lowest BCUT2D eigenvalue weighted by Gasteiger charge is -2.06. The van der Waals surface area contributed by atoms with E-state index in [2.05, 4.69) is 15.9 Å². The zero-order chi connectivity index (χ0) is 15.9. The standard InChI is InChI=1S/C15H10BrNO4S/c16-13-14(18)11-3-1-2-4-12(11)21-15(13)9-5-7-10(8-6-9)22(17,19)20/h1-8H,(H2,17,19,20). The van der Waals surface area contributed by atoms with Crippen molar-refractivity contribution in [3.05, 3.63) is 63.2 Å². The van der Waals surface area contributed by atoms with Crippen LogP contribution in [0.3, 0.4) is 0 Å². The summed E-state index contributed by atoms with van der Waals surface area (Å²) in [6.45, 7) is 0. The number of fused-ring (bicyclic) bond motifs is 1. The second-order valence-electron chi connectivity index (χ2n) is 4.64. The van der Waals surface area contributed by atoms with Crippen molar-refractivity contribution in [1.29, 1.82) is 0 Å². The smallest absolute Gasteiger partial charge is 0.238 e.